The normalized spacial score (nSPS) is 40.5. The van der Waals surface area contributed by atoms with Crippen LogP contribution in [0.3, 0.4) is 0 Å². The van der Waals surface area contributed by atoms with Crippen LogP contribution < -0.4 is 0 Å². The van der Waals surface area contributed by atoms with Crippen LogP contribution in [0.25, 0.3) is 0 Å². The van der Waals surface area contributed by atoms with Crippen molar-refractivity contribution in [3.63, 3.8) is 0 Å². The van der Waals surface area contributed by atoms with Crippen molar-refractivity contribution in [2.24, 2.45) is 11.8 Å². The molecule has 0 aromatic heterocycles. The van der Waals surface area contributed by atoms with E-state index in [4.69, 9.17) is 9.47 Å². The number of piperazine rings is 1. The van der Waals surface area contributed by atoms with Crippen molar-refractivity contribution >= 4 is 0 Å². The first-order chi connectivity index (χ1) is 9.72. The molecule has 0 aromatic carbocycles. The summed E-state index contributed by atoms with van der Waals surface area (Å²) in [5.74, 6) is 1.53. The fourth-order valence-corrected chi connectivity index (χ4v) is 4.09. The Balaban J connectivity index is 1.49. The molecule has 4 atom stereocenters. The molecule has 0 bridgehead atoms. The average Bonchev–Trinajstić information content (AvgIpc) is 3.06. The van der Waals surface area contributed by atoms with E-state index in [2.05, 4.69) is 23.6 Å². The molecular weight excluding hydrogens is 252 g/mol. The van der Waals surface area contributed by atoms with E-state index in [1.807, 2.05) is 0 Å². The van der Waals surface area contributed by atoms with Crippen molar-refractivity contribution in [3.8, 4) is 0 Å². The van der Waals surface area contributed by atoms with Gasteiger partial charge in [-0.05, 0) is 38.5 Å². The van der Waals surface area contributed by atoms with Gasteiger partial charge in [0.15, 0.2) is 0 Å². The van der Waals surface area contributed by atoms with E-state index in [0.29, 0.717) is 12.1 Å². The molecule has 0 N–H and O–H groups in total. The Labute approximate surface area is 123 Å². The molecule has 116 valence electrons. The maximum Gasteiger partial charge on any atom is 0.0507 e. The van der Waals surface area contributed by atoms with Gasteiger partial charge in [-0.15, -0.1) is 0 Å². The Morgan fingerprint density at radius 3 is 1.90 bits per heavy atom. The molecule has 3 heterocycles. The third-order valence-electron chi connectivity index (χ3n) is 5.21. The van der Waals surface area contributed by atoms with Crippen molar-refractivity contribution in [2.45, 2.75) is 38.8 Å². The van der Waals surface area contributed by atoms with Crippen LogP contribution in [0.2, 0.25) is 0 Å². The Morgan fingerprint density at radius 2 is 1.40 bits per heavy atom. The summed E-state index contributed by atoms with van der Waals surface area (Å²) >= 11 is 0. The van der Waals surface area contributed by atoms with Gasteiger partial charge in [0.2, 0.25) is 0 Å². The Hall–Kier alpha value is -0.160. The summed E-state index contributed by atoms with van der Waals surface area (Å²) in [4.78, 5) is 5.37. The highest BCUT2D eigenvalue weighted by Crippen LogP contribution is 2.23. The van der Waals surface area contributed by atoms with Crippen LogP contribution in [0.5, 0.6) is 0 Å². The van der Waals surface area contributed by atoms with Gasteiger partial charge >= 0.3 is 0 Å². The number of hydrogen-bond acceptors (Lipinski definition) is 4. The van der Waals surface area contributed by atoms with Crippen molar-refractivity contribution < 1.29 is 9.47 Å². The Bertz CT molecular complexity index is 289. The summed E-state index contributed by atoms with van der Waals surface area (Å²) in [5, 5.41) is 0. The first-order valence-corrected chi connectivity index (χ1v) is 8.36. The molecule has 4 heteroatoms. The summed E-state index contributed by atoms with van der Waals surface area (Å²) < 4.78 is 11.0. The zero-order valence-electron chi connectivity index (χ0n) is 13.1. The van der Waals surface area contributed by atoms with Crippen molar-refractivity contribution in [1.82, 2.24) is 9.80 Å². The Kier molecular flexibility index (Phi) is 4.97. The molecule has 0 spiro atoms. The standard InChI is InChI=1S/C16H30N2O2/c1-13-7-17(9-15-3-5-19-11-15)8-14(2)18(13)10-16-4-6-20-12-16/h13-16H,3-12H2,1-2H3. The maximum absolute atomic E-state index is 5.53. The summed E-state index contributed by atoms with van der Waals surface area (Å²) in [6.07, 6.45) is 2.50. The zero-order chi connectivity index (χ0) is 13.9. The molecule has 4 nitrogen and oxygen atoms in total. The number of ether oxygens (including phenoxy) is 2. The lowest BCUT2D eigenvalue weighted by Gasteiger charge is -2.46. The van der Waals surface area contributed by atoms with Gasteiger partial charge in [0.1, 0.15) is 0 Å². The van der Waals surface area contributed by atoms with E-state index < -0.39 is 0 Å². The lowest BCUT2D eigenvalue weighted by molar-refractivity contribution is 0.0186. The third kappa shape index (κ3) is 3.53. The van der Waals surface area contributed by atoms with E-state index in [1.54, 1.807) is 0 Å². The van der Waals surface area contributed by atoms with Crippen LogP contribution in [-0.2, 0) is 9.47 Å². The second-order valence-electron chi connectivity index (χ2n) is 7.07. The lowest BCUT2D eigenvalue weighted by atomic mass is 10.0. The molecule has 0 radical (unpaired) electrons. The predicted octanol–water partition coefficient (Wildman–Crippen LogP) is 1.45. The molecule has 0 aromatic rings. The number of nitrogens with zero attached hydrogens (tertiary/aromatic N) is 2. The molecule has 3 rings (SSSR count). The van der Waals surface area contributed by atoms with Gasteiger partial charge in [-0.2, -0.15) is 0 Å². The first-order valence-electron chi connectivity index (χ1n) is 8.36. The SMILES string of the molecule is CC1CN(CC2CCOC2)CC(C)N1CC1CCOC1. The van der Waals surface area contributed by atoms with Crippen LogP contribution in [0, 0.1) is 11.8 Å². The van der Waals surface area contributed by atoms with Gasteiger partial charge in [0, 0.05) is 51.5 Å². The lowest BCUT2D eigenvalue weighted by Crippen LogP contribution is -2.58. The molecular formula is C16H30N2O2. The predicted molar refractivity (Wildman–Crippen MR) is 79.9 cm³/mol. The minimum atomic E-state index is 0.668. The molecule has 4 unspecified atom stereocenters. The molecule has 20 heavy (non-hydrogen) atoms. The van der Waals surface area contributed by atoms with Crippen LogP contribution in [0.4, 0.5) is 0 Å². The van der Waals surface area contributed by atoms with Gasteiger partial charge in [-0.1, -0.05) is 0 Å². The van der Waals surface area contributed by atoms with E-state index in [0.717, 1.165) is 38.3 Å². The second kappa shape index (κ2) is 6.73. The average molecular weight is 282 g/mol. The number of rotatable bonds is 4. The highest BCUT2D eigenvalue weighted by molar-refractivity contribution is 4.87. The van der Waals surface area contributed by atoms with Gasteiger partial charge in [-0.3, -0.25) is 9.80 Å². The minimum absolute atomic E-state index is 0.668. The fraction of sp³-hybridized carbons (Fsp3) is 1.00. The van der Waals surface area contributed by atoms with E-state index in [1.165, 1.54) is 39.0 Å². The molecule has 0 saturated carbocycles. The molecule has 3 aliphatic rings. The van der Waals surface area contributed by atoms with Crippen molar-refractivity contribution in [3.05, 3.63) is 0 Å². The van der Waals surface area contributed by atoms with E-state index in [9.17, 15) is 0 Å². The van der Waals surface area contributed by atoms with Gasteiger partial charge in [0.25, 0.3) is 0 Å². The quantitative estimate of drug-likeness (QED) is 0.779. The molecule has 0 aliphatic carbocycles. The molecule has 3 fully saturated rings. The van der Waals surface area contributed by atoms with Crippen LogP contribution in [-0.4, -0.2) is 74.5 Å². The van der Waals surface area contributed by atoms with Crippen LogP contribution in [0.1, 0.15) is 26.7 Å². The van der Waals surface area contributed by atoms with Gasteiger partial charge in [0.05, 0.1) is 13.2 Å². The first kappa shape index (κ1) is 14.8. The largest absolute Gasteiger partial charge is 0.381 e. The van der Waals surface area contributed by atoms with Gasteiger partial charge in [-0.25, -0.2) is 0 Å². The monoisotopic (exact) mass is 282 g/mol. The fourth-order valence-electron chi connectivity index (χ4n) is 4.09. The molecule has 3 aliphatic heterocycles. The third-order valence-corrected chi connectivity index (χ3v) is 5.21. The summed E-state index contributed by atoms with van der Waals surface area (Å²) in [7, 11) is 0. The molecule has 0 amide bonds. The summed E-state index contributed by atoms with van der Waals surface area (Å²) in [6.45, 7) is 13.6. The van der Waals surface area contributed by atoms with Gasteiger partial charge < -0.3 is 9.47 Å². The topological polar surface area (TPSA) is 24.9 Å². The maximum atomic E-state index is 5.53. The number of hydrogen-bond donors (Lipinski definition) is 0. The van der Waals surface area contributed by atoms with E-state index >= 15 is 0 Å². The van der Waals surface area contributed by atoms with E-state index in [-0.39, 0.29) is 0 Å². The minimum Gasteiger partial charge on any atom is -0.381 e. The molecule has 3 saturated heterocycles. The highest BCUT2D eigenvalue weighted by Gasteiger charge is 2.33. The van der Waals surface area contributed by atoms with Crippen molar-refractivity contribution in [2.75, 3.05) is 52.6 Å². The van der Waals surface area contributed by atoms with Crippen LogP contribution >= 0.6 is 0 Å². The Morgan fingerprint density at radius 1 is 0.850 bits per heavy atom. The zero-order valence-corrected chi connectivity index (χ0v) is 13.1. The van der Waals surface area contributed by atoms with Crippen molar-refractivity contribution in [1.29, 1.82) is 0 Å². The second-order valence-corrected chi connectivity index (χ2v) is 7.07. The van der Waals surface area contributed by atoms with Crippen LogP contribution in [0.15, 0.2) is 0 Å². The summed E-state index contributed by atoms with van der Waals surface area (Å²) in [6, 6.07) is 1.34. The smallest absolute Gasteiger partial charge is 0.0507 e. The highest BCUT2D eigenvalue weighted by atomic mass is 16.5. The summed E-state index contributed by atoms with van der Waals surface area (Å²) in [5.41, 5.74) is 0.